The average Bonchev–Trinajstić information content (AvgIpc) is 3.11. The molecule has 1 saturated heterocycles. The monoisotopic (exact) mass is 471 g/mol. The summed E-state index contributed by atoms with van der Waals surface area (Å²) >= 11 is 5.70. The van der Waals surface area contributed by atoms with Crippen LogP contribution in [-0.4, -0.2) is 41.8 Å². The Kier molecular flexibility index (Phi) is 5.73. The normalized spacial score (nSPS) is 20.5. The summed E-state index contributed by atoms with van der Waals surface area (Å²) in [6.45, 7) is -0.193. The highest BCUT2D eigenvalue weighted by atomic mass is 35.5. The average molecular weight is 472 g/mol. The van der Waals surface area contributed by atoms with Gasteiger partial charge in [0.15, 0.2) is 0 Å². The number of halogens is 3. The first-order valence-electron chi connectivity index (χ1n) is 10.0. The molecule has 2 radical (unpaired) electrons. The number of nitrogens with one attached hydrogen (secondary N) is 2. The van der Waals surface area contributed by atoms with Crippen LogP contribution >= 0.6 is 11.6 Å². The lowest BCUT2D eigenvalue weighted by Crippen LogP contribution is -2.63. The van der Waals surface area contributed by atoms with Gasteiger partial charge in [-0.2, -0.15) is 8.78 Å². The number of imide groups is 1. The highest BCUT2D eigenvalue weighted by molar-refractivity contribution is 6.32. The minimum absolute atomic E-state index is 0.00147. The number of carbonyl (C=O) groups excluding carboxylic acids is 4. The first-order chi connectivity index (χ1) is 15.5. The summed E-state index contributed by atoms with van der Waals surface area (Å²) in [5.41, 5.74) is -0.828. The standard InChI is InChI=1S/C22H17BClF2N3O4/c23-21(8-7-17(30)28-19(21)32)29-11-13-9-12(1-6-16(13)18(29)31)10-27-20(33)22(25,26)14-2-4-15(24)5-3-14/h1-6,9H,7-8,10-11H2,(H,27,33)(H,28,30,32)/t21-/m1/s1. The van der Waals surface area contributed by atoms with Crippen LogP contribution in [0, 0.1) is 0 Å². The van der Waals surface area contributed by atoms with E-state index in [1.54, 1.807) is 6.07 Å². The van der Waals surface area contributed by atoms with E-state index >= 15 is 0 Å². The molecule has 168 valence electrons. The summed E-state index contributed by atoms with van der Waals surface area (Å²) in [5.74, 6) is -6.92. The van der Waals surface area contributed by atoms with E-state index in [-0.39, 0.29) is 31.0 Å². The molecule has 0 bridgehead atoms. The molecule has 0 spiro atoms. The number of alkyl halides is 2. The van der Waals surface area contributed by atoms with Crippen molar-refractivity contribution in [2.45, 2.75) is 37.3 Å². The fourth-order valence-electron chi connectivity index (χ4n) is 3.86. The van der Waals surface area contributed by atoms with Gasteiger partial charge in [-0.25, -0.2) is 0 Å². The molecule has 7 nitrogen and oxygen atoms in total. The Morgan fingerprint density at radius 1 is 1.18 bits per heavy atom. The second-order valence-corrected chi connectivity index (χ2v) is 8.38. The molecule has 4 amide bonds. The highest BCUT2D eigenvalue weighted by Crippen LogP contribution is 2.33. The van der Waals surface area contributed by atoms with Crippen molar-refractivity contribution in [1.82, 2.24) is 15.5 Å². The van der Waals surface area contributed by atoms with E-state index < -0.39 is 40.6 Å². The molecule has 1 fully saturated rings. The molecule has 2 aromatic rings. The van der Waals surface area contributed by atoms with Gasteiger partial charge in [0.1, 0.15) is 7.85 Å². The maximum absolute atomic E-state index is 14.4. The van der Waals surface area contributed by atoms with Crippen molar-refractivity contribution in [1.29, 1.82) is 0 Å². The lowest BCUT2D eigenvalue weighted by molar-refractivity contribution is -0.147. The first-order valence-corrected chi connectivity index (χ1v) is 10.4. The topological polar surface area (TPSA) is 95.6 Å². The summed E-state index contributed by atoms with van der Waals surface area (Å²) < 4.78 is 28.9. The second-order valence-electron chi connectivity index (χ2n) is 7.95. The van der Waals surface area contributed by atoms with Gasteiger partial charge in [0.05, 0.1) is 5.44 Å². The molecule has 0 aromatic heterocycles. The van der Waals surface area contributed by atoms with Crippen LogP contribution in [-0.2, 0) is 33.4 Å². The van der Waals surface area contributed by atoms with Crippen molar-refractivity contribution >= 4 is 43.1 Å². The highest BCUT2D eigenvalue weighted by Gasteiger charge is 2.47. The maximum atomic E-state index is 14.4. The predicted molar refractivity (Wildman–Crippen MR) is 114 cm³/mol. The van der Waals surface area contributed by atoms with E-state index in [1.165, 1.54) is 29.2 Å². The molecule has 33 heavy (non-hydrogen) atoms. The van der Waals surface area contributed by atoms with Crippen LogP contribution in [0.3, 0.4) is 0 Å². The lowest BCUT2D eigenvalue weighted by Gasteiger charge is -2.40. The molecule has 2 aromatic carbocycles. The molecule has 2 aliphatic rings. The van der Waals surface area contributed by atoms with Gasteiger partial charge < -0.3 is 10.2 Å². The Hall–Kier alpha value is -3.27. The number of benzene rings is 2. The minimum Gasteiger partial charge on any atom is -0.346 e. The van der Waals surface area contributed by atoms with Crippen molar-refractivity contribution in [3.63, 3.8) is 0 Å². The summed E-state index contributed by atoms with van der Waals surface area (Å²) in [4.78, 5) is 49.9. The van der Waals surface area contributed by atoms with Crippen molar-refractivity contribution in [2.24, 2.45) is 0 Å². The van der Waals surface area contributed by atoms with E-state index in [0.29, 0.717) is 16.7 Å². The second kappa shape index (κ2) is 8.26. The molecule has 2 N–H and O–H groups in total. The van der Waals surface area contributed by atoms with Gasteiger partial charge in [0.25, 0.3) is 11.8 Å². The lowest BCUT2D eigenvalue weighted by atomic mass is 9.70. The molecule has 4 rings (SSSR count). The Labute approximate surface area is 193 Å². The van der Waals surface area contributed by atoms with Crippen LogP contribution in [0.5, 0.6) is 0 Å². The quantitative estimate of drug-likeness (QED) is 0.515. The number of hydrogen-bond acceptors (Lipinski definition) is 4. The van der Waals surface area contributed by atoms with Gasteiger partial charge in [-0.1, -0.05) is 35.9 Å². The zero-order valence-electron chi connectivity index (χ0n) is 17.2. The van der Waals surface area contributed by atoms with Crippen LogP contribution in [0.4, 0.5) is 8.78 Å². The molecule has 1 atom stereocenters. The zero-order valence-corrected chi connectivity index (χ0v) is 17.9. The summed E-state index contributed by atoms with van der Waals surface area (Å²) in [6, 6.07) is 9.30. The van der Waals surface area contributed by atoms with Crippen molar-refractivity contribution in [3.05, 3.63) is 69.7 Å². The minimum atomic E-state index is -3.76. The van der Waals surface area contributed by atoms with Gasteiger partial charge in [-0.05, 0) is 35.7 Å². The Bertz CT molecular complexity index is 1170. The van der Waals surface area contributed by atoms with Gasteiger partial charge in [0, 0.05) is 35.7 Å². The van der Waals surface area contributed by atoms with Crippen LogP contribution in [0.1, 0.15) is 39.9 Å². The molecule has 2 aliphatic heterocycles. The third-order valence-corrected chi connectivity index (χ3v) is 6.03. The van der Waals surface area contributed by atoms with Gasteiger partial charge in [0.2, 0.25) is 11.8 Å². The fraction of sp³-hybridized carbons (Fsp3) is 0.273. The van der Waals surface area contributed by atoms with Crippen LogP contribution in [0.2, 0.25) is 5.02 Å². The number of amides is 4. The maximum Gasteiger partial charge on any atom is 0.349 e. The molecule has 2 heterocycles. The van der Waals surface area contributed by atoms with Crippen molar-refractivity contribution < 1.29 is 28.0 Å². The van der Waals surface area contributed by atoms with E-state index in [4.69, 9.17) is 19.4 Å². The van der Waals surface area contributed by atoms with E-state index in [1.807, 2.05) is 0 Å². The fourth-order valence-corrected chi connectivity index (χ4v) is 3.99. The first kappa shape index (κ1) is 22.9. The van der Waals surface area contributed by atoms with Crippen LogP contribution in [0.15, 0.2) is 42.5 Å². The summed E-state index contributed by atoms with van der Waals surface area (Å²) in [7, 11) is 6.18. The van der Waals surface area contributed by atoms with Gasteiger partial charge in [-0.15, -0.1) is 0 Å². The molecular formula is C22H17BClF2N3O4. The molecule has 0 aliphatic carbocycles. The van der Waals surface area contributed by atoms with Crippen molar-refractivity contribution in [3.8, 4) is 0 Å². The van der Waals surface area contributed by atoms with E-state index in [0.717, 1.165) is 12.1 Å². The Balaban J connectivity index is 1.46. The summed E-state index contributed by atoms with van der Waals surface area (Å²) in [6.07, 6.45) is -0.0123. The number of fused-ring (bicyclic) bond motifs is 1. The Morgan fingerprint density at radius 2 is 1.88 bits per heavy atom. The predicted octanol–water partition coefficient (Wildman–Crippen LogP) is 2.01. The summed E-state index contributed by atoms with van der Waals surface area (Å²) in [5, 5.41) is 4.62. The van der Waals surface area contributed by atoms with Crippen LogP contribution < -0.4 is 10.6 Å². The molecular weight excluding hydrogens is 455 g/mol. The number of hydrogen-bond donors (Lipinski definition) is 2. The SMILES string of the molecule is [B][C@@]1(N2Cc3cc(CNC(=O)C(F)(F)c4ccc(Cl)cc4)ccc3C2=O)CCC(=O)NC1=O. The third kappa shape index (κ3) is 4.10. The number of piperidine rings is 1. The smallest absolute Gasteiger partial charge is 0.346 e. The Morgan fingerprint density at radius 3 is 2.55 bits per heavy atom. The molecule has 11 heteroatoms. The molecule has 0 saturated carbocycles. The number of nitrogens with zero attached hydrogens (tertiary/aromatic N) is 1. The van der Waals surface area contributed by atoms with E-state index in [9.17, 15) is 28.0 Å². The van der Waals surface area contributed by atoms with Gasteiger partial charge >= 0.3 is 5.92 Å². The molecule has 0 unspecified atom stereocenters. The van der Waals surface area contributed by atoms with E-state index in [2.05, 4.69) is 10.6 Å². The van der Waals surface area contributed by atoms with Crippen LogP contribution in [0.25, 0.3) is 0 Å². The zero-order chi connectivity index (χ0) is 24.0. The van der Waals surface area contributed by atoms with Gasteiger partial charge in [-0.3, -0.25) is 24.5 Å². The number of carbonyl (C=O) groups is 4. The largest absolute Gasteiger partial charge is 0.349 e. The third-order valence-electron chi connectivity index (χ3n) is 5.78. The number of rotatable bonds is 5. The van der Waals surface area contributed by atoms with Crippen molar-refractivity contribution in [2.75, 3.05) is 0 Å².